The Morgan fingerprint density at radius 2 is 1.86 bits per heavy atom. The molecular weight excluding hydrogens is 410 g/mol. The van der Waals surface area contributed by atoms with E-state index in [9.17, 15) is 8.42 Å². The molecule has 0 aliphatic carbocycles. The van der Waals surface area contributed by atoms with Crippen LogP contribution < -0.4 is 9.46 Å². The van der Waals surface area contributed by atoms with Gasteiger partial charge in [0.05, 0.1) is 22.7 Å². The smallest absolute Gasteiger partial charge is 0.261 e. The van der Waals surface area contributed by atoms with Gasteiger partial charge < -0.3 is 9.14 Å². The lowest BCUT2D eigenvalue weighted by Gasteiger charge is -2.10. The molecule has 4 rings (SSSR count). The van der Waals surface area contributed by atoms with Crippen molar-refractivity contribution in [3.05, 3.63) is 77.6 Å². The van der Waals surface area contributed by atoms with E-state index in [1.165, 1.54) is 25.3 Å². The summed E-state index contributed by atoms with van der Waals surface area (Å²) in [5.41, 5.74) is 4.13. The molecule has 0 atom stereocenters. The zero-order chi connectivity index (χ0) is 20.6. The number of pyridine rings is 1. The lowest BCUT2D eigenvalue weighted by Crippen LogP contribution is -2.12. The van der Waals surface area contributed by atoms with E-state index >= 15 is 0 Å². The van der Waals surface area contributed by atoms with Crippen LogP contribution in [0.5, 0.6) is 5.75 Å². The average Bonchev–Trinajstić information content (AvgIpc) is 3.14. The first-order valence-corrected chi connectivity index (χ1v) is 10.6. The number of imidazole rings is 1. The molecule has 0 bridgehead atoms. The molecule has 8 heteroatoms. The van der Waals surface area contributed by atoms with Crippen LogP contribution in [0.15, 0.2) is 71.9 Å². The zero-order valence-electron chi connectivity index (χ0n) is 15.8. The van der Waals surface area contributed by atoms with Crippen molar-refractivity contribution in [2.45, 2.75) is 11.8 Å². The highest BCUT2D eigenvalue weighted by Crippen LogP contribution is 2.28. The summed E-state index contributed by atoms with van der Waals surface area (Å²) < 4.78 is 34.9. The molecule has 0 unspecified atom stereocenters. The van der Waals surface area contributed by atoms with Crippen LogP contribution in [0.3, 0.4) is 0 Å². The number of ether oxygens (including phenoxy) is 1. The van der Waals surface area contributed by atoms with Gasteiger partial charge in [-0.3, -0.25) is 4.72 Å². The SMILES string of the molecule is COc1ccc(S(=O)(=O)Nc2ccc(-c3cn4cccc(C)c4n3)cc2)cc1Cl. The predicted octanol–water partition coefficient (Wildman–Crippen LogP) is 4.77. The molecule has 2 aromatic carbocycles. The number of nitrogens with one attached hydrogen (secondary N) is 1. The number of aryl methyl sites for hydroxylation is 1. The summed E-state index contributed by atoms with van der Waals surface area (Å²) in [5.74, 6) is 0.415. The second-order valence-corrected chi connectivity index (χ2v) is 8.62. The van der Waals surface area contributed by atoms with E-state index in [1.807, 2.05) is 48.0 Å². The van der Waals surface area contributed by atoms with Crippen molar-refractivity contribution in [1.82, 2.24) is 9.38 Å². The molecule has 0 radical (unpaired) electrons. The van der Waals surface area contributed by atoms with Crippen molar-refractivity contribution in [2.75, 3.05) is 11.8 Å². The summed E-state index contributed by atoms with van der Waals surface area (Å²) in [4.78, 5) is 4.72. The minimum Gasteiger partial charge on any atom is -0.495 e. The number of hydrogen-bond acceptors (Lipinski definition) is 4. The first-order chi connectivity index (χ1) is 13.9. The van der Waals surface area contributed by atoms with Gasteiger partial charge in [0.15, 0.2) is 0 Å². The van der Waals surface area contributed by atoms with Crippen LogP contribution in [-0.4, -0.2) is 24.9 Å². The number of sulfonamides is 1. The maximum atomic E-state index is 12.6. The molecular formula is C21H18ClN3O3S. The highest BCUT2D eigenvalue weighted by Gasteiger charge is 2.16. The monoisotopic (exact) mass is 427 g/mol. The minimum atomic E-state index is -3.77. The Labute approximate surface area is 173 Å². The fraction of sp³-hybridized carbons (Fsp3) is 0.0952. The second-order valence-electron chi connectivity index (χ2n) is 6.53. The number of anilines is 1. The normalized spacial score (nSPS) is 11.6. The van der Waals surface area contributed by atoms with Gasteiger partial charge in [-0.1, -0.05) is 29.8 Å². The summed E-state index contributed by atoms with van der Waals surface area (Å²) >= 11 is 6.05. The molecule has 2 aromatic heterocycles. The van der Waals surface area contributed by atoms with Gasteiger partial charge in [0, 0.05) is 23.6 Å². The molecule has 0 saturated heterocycles. The summed E-state index contributed by atoms with van der Waals surface area (Å²) in [6.07, 6.45) is 3.89. The van der Waals surface area contributed by atoms with Crippen molar-refractivity contribution in [2.24, 2.45) is 0 Å². The Hall–Kier alpha value is -3.03. The molecule has 29 heavy (non-hydrogen) atoms. The standard InChI is InChI=1S/C21H18ClN3O3S/c1-14-4-3-11-25-13-19(23-21(14)25)15-5-7-16(8-6-15)24-29(26,27)17-9-10-20(28-2)18(22)12-17/h3-13,24H,1-2H3. The molecule has 0 fully saturated rings. The molecule has 0 aliphatic rings. The van der Waals surface area contributed by atoms with Gasteiger partial charge in [0.25, 0.3) is 10.0 Å². The molecule has 148 valence electrons. The van der Waals surface area contributed by atoms with E-state index in [4.69, 9.17) is 16.3 Å². The third kappa shape index (κ3) is 3.79. The first kappa shape index (κ1) is 19.3. The summed E-state index contributed by atoms with van der Waals surface area (Å²) in [6, 6.07) is 15.4. The quantitative estimate of drug-likeness (QED) is 0.497. The van der Waals surface area contributed by atoms with E-state index in [2.05, 4.69) is 9.71 Å². The summed E-state index contributed by atoms with van der Waals surface area (Å²) in [7, 11) is -2.30. The summed E-state index contributed by atoms with van der Waals surface area (Å²) in [5, 5.41) is 0.230. The van der Waals surface area contributed by atoms with Gasteiger partial charge in [-0.25, -0.2) is 13.4 Å². The third-order valence-corrected chi connectivity index (χ3v) is 6.22. The van der Waals surface area contributed by atoms with Crippen molar-refractivity contribution >= 4 is 33.0 Å². The number of methoxy groups -OCH3 is 1. The van der Waals surface area contributed by atoms with E-state index in [-0.39, 0.29) is 9.92 Å². The molecule has 6 nitrogen and oxygen atoms in total. The number of hydrogen-bond donors (Lipinski definition) is 1. The van der Waals surface area contributed by atoms with Gasteiger partial charge >= 0.3 is 0 Å². The number of nitrogens with zero attached hydrogens (tertiary/aromatic N) is 2. The van der Waals surface area contributed by atoms with Gasteiger partial charge in [-0.2, -0.15) is 0 Å². The summed E-state index contributed by atoms with van der Waals surface area (Å²) in [6.45, 7) is 2.01. The number of rotatable bonds is 5. The number of fused-ring (bicyclic) bond motifs is 1. The molecule has 0 amide bonds. The minimum absolute atomic E-state index is 0.0585. The van der Waals surface area contributed by atoms with Gasteiger partial charge in [0.2, 0.25) is 0 Å². The van der Waals surface area contributed by atoms with E-state index in [0.717, 1.165) is 22.5 Å². The average molecular weight is 428 g/mol. The largest absolute Gasteiger partial charge is 0.495 e. The number of aromatic nitrogens is 2. The first-order valence-electron chi connectivity index (χ1n) is 8.78. The number of benzene rings is 2. The van der Waals surface area contributed by atoms with Crippen molar-refractivity contribution in [3.63, 3.8) is 0 Å². The Morgan fingerprint density at radius 1 is 1.10 bits per heavy atom. The van der Waals surface area contributed by atoms with Crippen LogP contribution in [0.1, 0.15) is 5.56 Å². The highest BCUT2D eigenvalue weighted by atomic mass is 35.5. The molecule has 0 spiro atoms. The van der Waals surface area contributed by atoms with Crippen molar-refractivity contribution in [1.29, 1.82) is 0 Å². The van der Waals surface area contributed by atoms with E-state index < -0.39 is 10.0 Å². The Bertz CT molecular complexity index is 1300. The van der Waals surface area contributed by atoms with Gasteiger partial charge in [0.1, 0.15) is 11.4 Å². The molecule has 0 aliphatic heterocycles. The topological polar surface area (TPSA) is 72.7 Å². The fourth-order valence-corrected chi connectivity index (χ4v) is 4.44. The van der Waals surface area contributed by atoms with Crippen LogP contribution >= 0.6 is 11.6 Å². The van der Waals surface area contributed by atoms with Crippen LogP contribution in [0.2, 0.25) is 5.02 Å². The Balaban J connectivity index is 1.59. The number of halogens is 1. The third-order valence-electron chi connectivity index (χ3n) is 4.54. The van der Waals surface area contributed by atoms with Crippen LogP contribution in [0, 0.1) is 6.92 Å². The Morgan fingerprint density at radius 3 is 2.52 bits per heavy atom. The highest BCUT2D eigenvalue weighted by molar-refractivity contribution is 7.92. The van der Waals surface area contributed by atoms with Crippen LogP contribution in [0.4, 0.5) is 5.69 Å². The van der Waals surface area contributed by atoms with Crippen LogP contribution in [-0.2, 0) is 10.0 Å². The van der Waals surface area contributed by atoms with E-state index in [0.29, 0.717) is 11.4 Å². The molecule has 4 aromatic rings. The van der Waals surface area contributed by atoms with Gasteiger partial charge in [-0.05, 0) is 48.9 Å². The second kappa shape index (κ2) is 7.42. The predicted molar refractivity (Wildman–Crippen MR) is 114 cm³/mol. The molecule has 0 saturated carbocycles. The van der Waals surface area contributed by atoms with Crippen LogP contribution in [0.25, 0.3) is 16.9 Å². The van der Waals surface area contributed by atoms with Crippen molar-refractivity contribution < 1.29 is 13.2 Å². The maximum absolute atomic E-state index is 12.6. The Kier molecular flexibility index (Phi) is 4.94. The lowest BCUT2D eigenvalue weighted by molar-refractivity contribution is 0.414. The molecule has 1 N–H and O–H groups in total. The lowest BCUT2D eigenvalue weighted by atomic mass is 10.1. The molecule has 2 heterocycles. The zero-order valence-corrected chi connectivity index (χ0v) is 17.3. The van der Waals surface area contributed by atoms with E-state index in [1.54, 1.807) is 12.1 Å². The van der Waals surface area contributed by atoms with Gasteiger partial charge in [-0.15, -0.1) is 0 Å². The maximum Gasteiger partial charge on any atom is 0.261 e. The van der Waals surface area contributed by atoms with Crippen molar-refractivity contribution in [3.8, 4) is 17.0 Å². The fourth-order valence-electron chi connectivity index (χ4n) is 3.03.